The number of hydrogen-bond acceptors (Lipinski definition) is 5. The second-order valence-electron chi connectivity index (χ2n) is 7.73. The van der Waals surface area contributed by atoms with Crippen LogP contribution in [0.25, 0.3) is 11.3 Å². The summed E-state index contributed by atoms with van der Waals surface area (Å²) in [5, 5.41) is 10.5. The van der Waals surface area contributed by atoms with Gasteiger partial charge < -0.3 is 4.74 Å². The Kier molecular flexibility index (Phi) is 7.79. The highest BCUT2D eigenvalue weighted by molar-refractivity contribution is 7.99. The summed E-state index contributed by atoms with van der Waals surface area (Å²) >= 11 is 1.54. The van der Waals surface area contributed by atoms with E-state index in [1.54, 1.807) is 35.6 Å². The lowest BCUT2D eigenvalue weighted by molar-refractivity contribution is 0.415. The first-order valence-corrected chi connectivity index (χ1v) is 12.1. The molecule has 1 heterocycles. The van der Waals surface area contributed by atoms with Crippen LogP contribution in [0.2, 0.25) is 0 Å². The molecule has 0 atom stereocenters. The van der Waals surface area contributed by atoms with Gasteiger partial charge in [-0.15, -0.1) is 0 Å². The molecule has 0 radical (unpaired) electrons. The average molecular weight is 468 g/mol. The molecule has 5 nitrogen and oxygen atoms in total. The standard InChI is InChI=1S/C28H25N3O2S/c1-33-24-14-12-23(13-15-24)26-25(20-29)27(32)31(18-16-21-8-4-2-5-9-21)28(30-26)34-19-17-22-10-6-3-7-11-22/h2-15H,16-19H2,1H3. The molecular weight excluding hydrogens is 442 g/mol. The van der Waals surface area contributed by atoms with Gasteiger partial charge in [0.1, 0.15) is 17.4 Å². The van der Waals surface area contributed by atoms with Gasteiger partial charge in [-0.3, -0.25) is 9.36 Å². The lowest BCUT2D eigenvalue weighted by Gasteiger charge is -2.15. The van der Waals surface area contributed by atoms with Crippen molar-refractivity contribution in [2.24, 2.45) is 0 Å². The van der Waals surface area contributed by atoms with Crippen molar-refractivity contribution in [2.75, 3.05) is 12.9 Å². The van der Waals surface area contributed by atoms with E-state index >= 15 is 0 Å². The third-order valence-corrected chi connectivity index (χ3v) is 6.52. The van der Waals surface area contributed by atoms with Crippen LogP contribution < -0.4 is 10.3 Å². The minimum Gasteiger partial charge on any atom is -0.497 e. The molecule has 34 heavy (non-hydrogen) atoms. The van der Waals surface area contributed by atoms with E-state index in [-0.39, 0.29) is 11.1 Å². The van der Waals surface area contributed by atoms with Gasteiger partial charge in [-0.25, -0.2) is 4.98 Å². The molecule has 0 bridgehead atoms. The smallest absolute Gasteiger partial charge is 0.272 e. The van der Waals surface area contributed by atoms with Crippen molar-refractivity contribution >= 4 is 11.8 Å². The van der Waals surface area contributed by atoms with Crippen LogP contribution in [-0.2, 0) is 19.4 Å². The Hall–Kier alpha value is -3.82. The molecule has 0 aliphatic carbocycles. The van der Waals surface area contributed by atoms with Crippen LogP contribution in [0.5, 0.6) is 5.75 Å². The molecular formula is C28H25N3O2S. The van der Waals surface area contributed by atoms with Crippen molar-refractivity contribution in [1.29, 1.82) is 5.26 Å². The Morgan fingerprint density at radius 2 is 1.53 bits per heavy atom. The van der Waals surface area contributed by atoms with E-state index in [0.29, 0.717) is 29.6 Å². The fourth-order valence-corrected chi connectivity index (χ4v) is 4.70. The van der Waals surface area contributed by atoms with Crippen LogP contribution >= 0.6 is 11.8 Å². The van der Waals surface area contributed by atoms with Gasteiger partial charge in [0, 0.05) is 17.9 Å². The zero-order valence-electron chi connectivity index (χ0n) is 19.0. The van der Waals surface area contributed by atoms with Gasteiger partial charge in [-0.05, 0) is 48.2 Å². The van der Waals surface area contributed by atoms with Gasteiger partial charge in [0.2, 0.25) is 0 Å². The number of hydrogen-bond donors (Lipinski definition) is 0. The molecule has 6 heteroatoms. The van der Waals surface area contributed by atoms with Gasteiger partial charge in [0.15, 0.2) is 5.16 Å². The van der Waals surface area contributed by atoms with Crippen molar-refractivity contribution in [3.05, 3.63) is 112 Å². The van der Waals surface area contributed by atoms with Gasteiger partial charge in [0.05, 0.1) is 12.8 Å². The summed E-state index contributed by atoms with van der Waals surface area (Å²) in [4.78, 5) is 18.3. The first kappa shape index (κ1) is 23.3. The molecule has 0 aliphatic rings. The average Bonchev–Trinajstić information content (AvgIpc) is 2.89. The van der Waals surface area contributed by atoms with E-state index in [1.807, 2.05) is 60.7 Å². The van der Waals surface area contributed by atoms with Gasteiger partial charge in [-0.2, -0.15) is 5.26 Å². The van der Waals surface area contributed by atoms with Crippen LogP contribution in [0, 0.1) is 11.3 Å². The summed E-state index contributed by atoms with van der Waals surface area (Å²) < 4.78 is 6.89. The van der Waals surface area contributed by atoms with Gasteiger partial charge in [-0.1, -0.05) is 72.4 Å². The minimum atomic E-state index is -0.304. The molecule has 0 N–H and O–H groups in total. The Morgan fingerprint density at radius 3 is 2.12 bits per heavy atom. The molecule has 0 unspecified atom stereocenters. The number of benzene rings is 3. The molecule has 1 aromatic heterocycles. The van der Waals surface area contributed by atoms with E-state index in [1.165, 1.54) is 5.56 Å². The molecule has 170 valence electrons. The Morgan fingerprint density at radius 1 is 0.912 bits per heavy atom. The van der Waals surface area contributed by atoms with E-state index in [9.17, 15) is 10.1 Å². The molecule has 0 spiro atoms. The number of rotatable bonds is 9. The third kappa shape index (κ3) is 5.56. The highest BCUT2D eigenvalue weighted by Crippen LogP contribution is 2.26. The van der Waals surface area contributed by atoms with Gasteiger partial charge in [0.25, 0.3) is 5.56 Å². The summed E-state index contributed by atoms with van der Waals surface area (Å²) in [7, 11) is 1.60. The quantitative estimate of drug-likeness (QED) is 0.245. The van der Waals surface area contributed by atoms with Crippen LogP contribution in [0.3, 0.4) is 0 Å². The van der Waals surface area contributed by atoms with Crippen molar-refractivity contribution < 1.29 is 4.74 Å². The molecule has 0 saturated carbocycles. The summed E-state index contributed by atoms with van der Waals surface area (Å²) in [6.45, 7) is 0.459. The fraction of sp³-hybridized carbons (Fsp3) is 0.179. The number of aromatic nitrogens is 2. The van der Waals surface area contributed by atoms with Crippen molar-refractivity contribution in [2.45, 2.75) is 24.5 Å². The highest BCUT2D eigenvalue weighted by atomic mass is 32.2. The summed E-state index contributed by atoms with van der Waals surface area (Å²) in [6, 6.07) is 29.6. The predicted molar refractivity (Wildman–Crippen MR) is 136 cm³/mol. The van der Waals surface area contributed by atoms with Crippen molar-refractivity contribution in [3.8, 4) is 23.1 Å². The molecule has 4 rings (SSSR count). The molecule has 0 aliphatic heterocycles. The fourth-order valence-electron chi connectivity index (χ4n) is 3.69. The van der Waals surface area contributed by atoms with Crippen molar-refractivity contribution in [1.82, 2.24) is 9.55 Å². The van der Waals surface area contributed by atoms with Crippen LogP contribution in [0.1, 0.15) is 16.7 Å². The van der Waals surface area contributed by atoms with E-state index in [2.05, 4.69) is 18.2 Å². The number of nitriles is 1. The summed E-state index contributed by atoms with van der Waals surface area (Å²) in [5.74, 6) is 1.48. The molecule has 0 fully saturated rings. The maximum atomic E-state index is 13.5. The topological polar surface area (TPSA) is 67.9 Å². The minimum absolute atomic E-state index is 0.0608. The molecule has 0 amide bonds. The predicted octanol–water partition coefficient (Wildman–Crippen LogP) is 5.37. The maximum Gasteiger partial charge on any atom is 0.272 e. The van der Waals surface area contributed by atoms with Crippen LogP contribution in [0.15, 0.2) is 94.9 Å². The first-order valence-electron chi connectivity index (χ1n) is 11.1. The first-order chi connectivity index (χ1) is 16.7. The number of thioether (sulfide) groups is 1. The number of nitrogens with zero attached hydrogens (tertiary/aromatic N) is 3. The lowest BCUT2D eigenvalue weighted by atomic mass is 10.1. The van der Waals surface area contributed by atoms with Crippen molar-refractivity contribution in [3.63, 3.8) is 0 Å². The number of aryl methyl sites for hydroxylation is 2. The van der Waals surface area contributed by atoms with E-state index in [4.69, 9.17) is 9.72 Å². The number of methoxy groups -OCH3 is 1. The van der Waals surface area contributed by atoms with E-state index in [0.717, 1.165) is 23.3 Å². The zero-order chi connectivity index (χ0) is 23.8. The Labute approximate surface area is 203 Å². The monoisotopic (exact) mass is 467 g/mol. The van der Waals surface area contributed by atoms with Crippen LogP contribution in [-0.4, -0.2) is 22.4 Å². The molecule has 3 aromatic carbocycles. The van der Waals surface area contributed by atoms with Gasteiger partial charge >= 0.3 is 0 Å². The lowest BCUT2D eigenvalue weighted by Crippen LogP contribution is -2.27. The maximum absolute atomic E-state index is 13.5. The zero-order valence-corrected chi connectivity index (χ0v) is 19.8. The molecule has 0 saturated heterocycles. The normalized spacial score (nSPS) is 10.6. The Bertz CT molecular complexity index is 1330. The van der Waals surface area contributed by atoms with Crippen LogP contribution in [0.4, 0.5) is 0 Å². The largest absolute Gasteiger partial charge is 0.497 e. The number of ether oxygens (including phenoxy) is 1. The highest BCUT2D eigenvalue weighted by Gasteiger charge is 2.18. The second kappa shape index (κ2) is 11.4. The Balaban J connectivity index is 1.69. The SMILES string of the molecule is COc1ccc(-c2nc(SCCc3ccccc3)n(CCc3ccccc3)c(=O)c2C#N)cc1. The summed E-state index contributed by atoms with van der Waals surface area (Å²) in [5.41, 5.74) is 3.25. The summed E-state index contributed by atoms with van der Waals surface area (Å²) in [6.07, 6.45) is 1.54. The molecule has 4 aromatic rings. The third-order valence-electron chi connectivity index (χ3n) is 5.54. The second-order valence-corrected chi connectivity index (χ2v) is 8.80. The van der Waals surface area contributed by atoms with E-state index < -0.39 is 0 Å².